The Morgan fingerprint density at radius 3 is 2.65 bits per heavy atom. The summed E-state index contributed by atoms with van der Waals surface area (Å²) in [5.74, 6) is 0.570. The quantitative estimate of drug-likeness (QED) is 0.868. The lowest BCUT2D eigenvalue weighted by Gasteiger charge is -2.17. The van der Waals surface area contributed by atoms with Crippen LogP contribution in [-0.2, 0) is 11.2 Å². The van der Waals surface area contributed by atoms with E-state index in [9.17, 15) is 4.79 Å². The highest BCUT2D eigenvalue weighted by molar-refractivity contribution is 5.92. The molecule has 1 heterocycles. The molecule has 0 radical (unpaired) electrons. The van der Waals surface area contributed by atoms with Crippen LogP contribution in [0.5, 0.6) is 0 Å². The van der Waals surface area contributed by atoms with Gasteiger partial charge in [-0.05, 0) is 25.8 Å². The number of methoxy groups -OCH3 is 1. The standard InChI is InChI=1S/C15H19N3O2/c1-10(9-12-7-5-4-6-8-12)18-11(2)17-13(14(18)16)15(19)20-3/h4-8,10H,9,16H2,1-3H3. The van der Waals surface area contributed by atoms with Crippen LogP contribution >= 0.6 is 0 Å². The number of rotatable bonds is 4. The van der Waals surface area contributed by atoms with Crippen molar-refractivity contribution in [3.8, 4) is 0 Å². The van der Waals surface area contributed by atoms with Gasteiger partial charge in [-0.25, -0.2) is 9.78 Å². The molecule has 1 unspecified atom stereocenters. The minimum absolute atomic E-state index is 0.114. The van der Waals surface area contributed by atoms with Crippen molar-refractivity contribution >= 4 is 11.8 Å². The Balaban J connectivity index is 2.28. The molecule has 0 saturated carbocycles. The van der Waals surface area contributed by atoms with Crippen LogP contribution < -0.4 is 5.73 Å². The van der Waals surface area contributed by atoms with Gasteiger partial charge in [-0.3, -0.25) is 0 Å². The summed E-state index contributed by atoms with van der Waals surface area (Å²) in [7, 11) is 1.32. The second-order valence-corrected chi connectivity index (χ2v) is 4.79. The molecule has 0 spiro atoms. The fraction of sp³-hybridized carbons (Fsp3) is 0.333. The lowest BCUT2D eigenvalue weighted by Crippen LogP contribution is -2.14. The van der Waals surface area contributed by atoms with Gasteiger partial charge in [-0.15, -0.1) is 0 Å². The molecule has 5 nitrogen and oxygen atoms in total. The lowest BCUT2D eigenvalue weighted by atomic mass is 10.1. The van der Waals surface area contributed by atoms with E-state index in [0.717, 1.165) is 6.42 Å². The molecule has 2 N–H and O–H groups in total. The van der Waals surface area contributed by atoms with Crippen molar-refractivity contribution in [2.24, 2.45) is 0 Å². The summed E-state index contributed by atoms with van der Waals surface area (Å²) in [6.07, 6.45) is 0.822. The van der Waals surface area contributed by atoms with Crippen molar-refractivity contribution in [1.82, 2.24) is 9.55 Å². The number of nitrogens with two attached hydrogens (primary N) is 1. The SMILES string of the molecule is COC(=O)c1nc(C)n(C(C)Cc2ccccc2)c1N. The summed E-state index contributed by atoms with van der Waals surface area (Å²) in [6, 6.07) is 10.3. The number of hydrogen-bond acceptors (Lipinski definition) is 4. The van der Waals surface area contributed by atoms with E-state index in [1.165, 1.54) is 12.7 Å². The minimum Gasteiger partial charge on any atom is -0.464 e. The highest BCUT2D eigenvalue weighted by Gasteiger charge is 2.21. The lowest BCUT2D eigenvalue weighted by molar-refractivity contribution is 0.0595. The van der Waals surface area contributed by atoms with Gasteiger partial charge in [0.1, 0.15) is 11.6 Å². The number of aromatic nitrogens is 2. The van der Waals surface area contributed by atoms with Gasteiger partial charge < -0.3 is 15.0 Å². The maximum atomic E-state index is 11.6. The first-order valence-electron chi connectivity index (χ1n) is 6.51. The topological polar surface area (TPSA) is 70.1 Å². The minimum atomic E-state index is -0.503. The number of carbonyl (C=O) groups is 1. The summed E-state index contributed by atoms with van der Waals surface area (Å²) in [6.45, 7) is 3.89. The summed E-state index contributed by atoms with van der Waals surface area (Å²) < 4.78 is 6.56. The summed E-state index contributed by atoms with van der Waals surface area (Å²) in [4.78, 5) is 15.8. The van der Waals surface area contributed by atoms with Crippen LogP contribution in [0.3, 0.4) is 0 Å². The Kier molecular flexibility index (Phi) is 4.08. The first kappa shape index (κ1) is 14.1. The molecular formula is C15H19N3O2. The Bertz CT molecular complexity index is 605. The number of carbonyl (C=O) groups excluding carboxylic acids is 1. The molecule has 1 aromatic heterocycles. The summed E-state index contributed by atoms with van der Waals surface area (Å²) in [5.41, 5.74) is 7.43. The summed E-state index contributed by atoms with van der Waals surface area (Å²) >= 11 is 0. The van der Waals surface area contributed by atoms with Crippen molar-refractivity contribution in [2.75, 3.05) is 12.8 Å². The molecule has 2 aromatic rings. The van der Waals surface area contributed by atoms with Crippen LogP contribution in [0.15, 0.2) is 30.3 Å². The van der Waals surface area contributed by atoms with Crippen LogP contribution in [0, 0.1) is 6.92 Å². The second-order valence-electron chi connectivity index (χ2n) is 4.79. The highest BCUT2D eigenvalue weighted by Crippen LogP contribution is 2.23. The zero-order valence-electron chi connectivity index (χ0n) is 12.0. The number of nitrogens with zero attached hydrogens (tertiary/aromatic N) is 2. The number of nitrogen functional groups attached to an aromatic ring is 1. The van der Waals surface area contributed by atoms with Gasteiger partial charge in [0, 0.05) is 6.04 Å². The van der Waals surface area contributed by atoms with Crippen molar-refractivity contribution < 1.29 is 9.53 Å². The molecule has 2 rings (SSSR count). The van der Waals surface area contributed by atoms with Gasteiger partial charge in [0.15, 0.2) is 5.69 Å². The van der Waals surface area contributed by atoms with E-state index in [4.69, 9.17) is 5.73 Å². The predicted molar refractivity (Wildman–Crippen MR) is 77.6 cm³/mol. The van der Waals surface area contributed by atoms with Gasteiger partial charge in [-0.2, -0.15) is 0 Å². The number of anilines is 1. The van der Waals surface area contributed by atoms with Gasteiger partial charge in [0.25, 0.3) is 0 Å². The van der Waals surface area contributed by atoms with E-state index in [-0.39, 0.29) is 11.7 Å². The second kappa shape index (κ2) is 5.77. The Labute approximate surface area is 118 Å². The molecule has 0 bridgehead atoms. The number of imidazole rings is 1. The zero-order chi connectivity index (χ0) is 14.7. The third kappa shape index (κ3) is 2.66. The van der Waals surface area contributed by atoms with E-state index in [1.807, 2.05) is 29.7 Å². The normalized spacial score (nSPS) is 12.2. The maximum absolute atomic E-state index is 11.6. The number of benzene rings is 1. The van der Waals surface area contributed by atoms with Gasteiger partial charge >= 0.3 is 5.97 Å². The van der Waals surface area contributed by atoms with Crippen molar-refractivity contribution in [3.05, 3.63) is 47.4 Å². The Morgan fingerprint density at radius 1 is 1.40 bits per heavy atom. The molecule has 0 saturated heterocycles. The average Bonchev–Trinajstić information content (AvgIpc) is 2.74. The number of hydrogen-bond donors (Lipinski definition) is 1. The third-order valence-electron chi connectivity index (χ3n) is 3.32. The van der Waals surface area contributed by atoms with Crippen LogP contribution in [-0.4, -0.2) is 22.6 Å². The first-order chi connectivity index (χ1) is 9.54. The molecular weight excluding hydrogens is 254 g/mol. The molecule has 106 valence electrons. The highest BCUT2D eigenvalue weighted by atomic mass is 16.5. The largest absolute Gasteiger partial charge is 0.464 e. The van der Waals surface area contributed by atoms with Gasteiger partial charge in [0.05, 0.1) is 7.11 Å². The van der Waals surface area contributed by atoms with Crippen LogP contribution in [0.25, 0.3) is 0 Å². The molecule has 0 aliphatic rings. The molecule has 0 aliphatic carbocycles. The van der Waals surface area contributed by atoms with Crippen molar-refractivity contribution in [1.29, 1.82) is 0 Å². The van der Waals surface area contributed by atoms with E-state index in [1.54, 1.807) is 0 Å². The number of aryl methyl sites for hydroxylation is 1. The Morgan fingerprint density at radius 2 is 2.05 bits per heavy atom. The maximum Gasteiger partial charge on any atom is 0.360 e. The average molecular weight is 273 g/mol. The predicted octanol–water partition coefficient (Wildman–Crippen LogP) is 2.36. The van der Waals surface area contributed by atoms with E-state index in [2.05, 4.69) is 28.8 Å². The van der Waals surface area contributed by atoms with Crippen LogP contribution in [0.4, 0.5) is 5.82 Å². The fourth-order valence-electron chi connectivity index (χ4n) is 2.41. The van der Waals surface area contributed by atoms with Crippen molar-refractivity contribution in [3.63, 3.8) is 0 Å². The fourth-order valence-corrected chi connectivity index (χ4v) is 2.41. The number of ether oxygens (including phenoxy) is 1. The van der Waals surface area contributed by atoms with E-state index >= 15 is 0 Å². The van der Waals surface area contributed by atoms with E-state index < -0.39 is 5.97 Å². The molecule has 1 aromatic carbocycles. The molecule has 0 aliphatic heterocycles. The molecule has 0 amide bonds. The monoisotopic (exact) mass is 273 g/mol. The van der Waals surface area contributed by atoms with Gasteiger partial charge in [-0.1, -0.05) is 30.3 Å². The molecule has 5 heteroatoms. The third-order valence-corrected chi connectivity index (χ3v) is 3.32. The first-order valence-corrected chi connectivity index (χ1v) is 6.51. The molecule has 20 heavy (non-hydrogen) atoms. The van der Waals surface area contributed by atoms with Gasteiger partial charge in [0.2, 0.25) is 0 Å². The smallest absolute Gasteiger partial charge is 0.360 e. The van der Waals surface area contributed by atoms with Crippen LogP contribution in [0.1, 0.15) is 34.8 Å². The zero-order valence-corrected chi connectivity index (χ0v) is 12.0. The van der Waals surface area contributed by atoms with Crippen LogP contribution in [0.2, 0.25) is 0 Å². The number of esters is 1. The van der Waals surface area contributed by atoms with E-state index in [0.29, 0.717) is 11.6 Å². The summed E-state index contributed by atoms with van der Waals surface area (Å²) in [5, 5.41) is 0. The van der Waals surface area contributed by atoms with Crippen molar-refractivity contribution in [2.45, 2.75) is 26.3 Å². The molecule has 0 fully saturated rings. The Hall–Kier alpha value is -2.30. The molecule has 1 atom stereocenters.